The van der Waals surface area contributed by atoms with Crippen LogP contribution in [0.5, 0.6) is 0 Å². The van der Waals surface area contributed by atoms with Gasteiger partial charge in [0.1, 0.15) is 0 Å². The molecule has 1 aromatic heterocycles. The van der Waals surface area contributed by atoms with E-state index in [0.29, 0.717) is 5.69 Å². The highest BCUT2D eigenvalue weighted by atomic mass is 19.1. The molecule has 0 aromatic carbocycles. The topological polar surface area (TPSA) is 38.9 Å². The van der Waals surface area contributed by atoms with E-state index in [1.165, 1.54) is 24.8 Å². The van der Waals surface area contributed by atoms with Crippen molar-refractivity contribution in [2.24, 2.45) is 0 Å². The molecule has 0 aliphatic carbocycles. The minimum Gasteiger partial charge on any atom is -0.399 e. The van der Waals surface area contributed by atoms with Crippen molar-refractivity contribution < 1.29 is 5.82 Å². The molecule has 64 valence electrons. The number of rotatable bonds is 0. The van der Waals surface area contributed by atoms with Crippen molar-refractivity contribution in [3.8, 4) is 0 Å². The third-order valence-electron chi connectivity index (χ3n) is 0.751. The molecule has 0 atom stereocenters. The number of pyridine rings is 1. The first-order valence-corrected chi connectivity index (χ1v) is 3.57. The Kier molecular flexibility index (Phi) is 5.07. The summed E-state index contributed by atoms with van der Waals surface area (Å²) in [6, 6.07) is 2.70. The van der Waals surface area contributed by atoms with Crippen molar-refractivity contribution in [1.82, 2.24) is 4.98 Å². The maximum atomic E-state index is 12.0. The summed E-state index contributed by atoms with van der Waals surface area (Å²) < 4.78 is 12.0. The van der Waals surface area contributed by atoms with E-state index in [9.17, 15) is 4.39 Å². The molecule has 1 heterocycles. The first-order chi connectivity index (χ1) is 5.20. The van der Waals surface area contributed by atoms with Crippen LogP contribution in [0.1, 0.15) is 21.7 Å². The molecule has 1 rings (SSSR count). The number of aromatic nitrogens is 1. The van der Waals surface area contributed by atoms with E-state index in [0.717, 1.165) is 0 Å². The van der Waals surface area contributed by atoms with Gasteiger partial charge in [-0.15, -0.1) is 0 Å². The highest BCUT2D eigenvalue weighted by molar-refractivity contribution is 5.34. The lowest BCUT2D eigenvalue weighted by Crippen LogP contribution is -1.86. The monoisotopic (exact) mass is 158 g/mol. The molecule has 0 radical (unpaired) electrons. The van der Waals surface area contributed by atoms with Crippen LogP contribution >= 0.6 is 0 Å². The number of nitrogens with zero attached hydrogens (tertiary/aromatic N) is 1. The van der Waals surface area contributed by atoms with Gasteiger partial charge in [-0.25, -0.2) is 4.98 Å². The predicted octanol–water partition coefficient (Wildman–Crippen LogP) is 2.47. The molecular weight excluding hydrogens is 143 g/mol. The normalized spacial score (nSPS) is 8.27. The van der Waals surface area contributed by atoms with Gasteiger partial charge in [-0.3, -0.25) is 0 Å². The van der Waals surface area contributed by atoms with Crippen molar-refractivity contribution in [3.63, 3.8) is 0 Å². The summed E-state index contributed by atoms with van der Waals surface area (Å²) in [6.07, 6.45) is 2.57. The molecule has 0 aliphatic heterocycles. The summed E-state index contributed by atoms with van der Waals surface area (Å²) in [5.74, 6) is -0.537. The first-order valence-electron chi connectivity index (χ1n) is 3.57. The number of nitrogen functional groups attached to an aromatic ring is 1. The maximum Gasteiger partial charge on any atom is 0.214 e. The first kappa shape index (κ1) is 9.88. The Hall–Kier alpha value is -1.12. The summed E-state index contributed by atoms with van der Waals surface area (Å²) in [5.41, 5.74) is 5.58. The smallest absolute Gasteiger partial charge is 0.214 e. The van der Waals surface area contributed by atoms with Crippen molar-refractivity contribution in [2.75, 3.05) is 5.73 Å². The summed E-state index contributed by atoms with van der Waals surface area (Å²) in [7, 11) is 0. The lowest BCUT2D eigenvalue weighted by atomic mass is 10.4. The highest BCUT2D eigenvalue weighted by Gasteiger charge is 1.86. The summed E-state index contributed by atoms with van der Waals surface area (Å²) in [5, 5.41) is 0. The predicted molar refractivity (Wildman–Crippen MR) is 46.7 cm³/mol. The van der Waals surface area contributed by atoms with Crippen LogP contribution in [-0.4, -0.2) is 4.98 Å². The second kappa shape index (κ2) is 5.65. The number of halogens is 1. The lowest BCUT2D eigenvalue weighted by molar-refractivity contribution is 0.584. The zero-order valence-electron chi connectivity index (χ0n) is 6.84. The Bertz CT molecular complexity index is 189. The molecule has 0 saturated heterocycles. The average molecular weight is 158 g/mol. The molecule has 3 heteroatoms. The van der Waals surface area contributed by atoms with Gasteiger partial charge in [0.2, 0.25) is 5.95 Å². The molecule has 0 amide bonds. The van der Waals surface area contributed by atoms with E-state index >= 15 is 0 Å². The fraction of sp³-hybridized carbons (Fsp3) is 0.375. The third kappa shape index (κ3) is 5.33. The third-order valence-corrected chi connectivity index (χ3v) is 0.751. The van der Waals surface area contributed by atoms with Crippen LogP contribution in [0.2, 0.25) is 0 Å². The average Bonchev–Trinajstić information content (AvgIpc) is 1.88. The van der Waals surface area contributed by atoms with Crippen molar-refractivity contribution in [2.45, 2.75) is 20.3 Å². The van der Waals surface area contributed by atoms with Crippen LogP contribution in [-0.2, 0) is 0 Å². The maximum absolute atomic E-state index is 12.0. The van der Waals surface area contributed by atoms with E-state index in [2.05, 4.69) is 18.8 Å². The van der Waals surface area contributed by atoms with Crippen molar-refractivity contribution in [1.29, 1.82) is 0 Å². The zero-order chi connectivity index (χ0) is 8.69. The highest BCUT2D eigenvalue weighted by Crippen LogP contribution is 1.98. The largest absolute Gasteiger partial charge is 0.399 e. The van der Waals surface area contributed by atoms with Crippen LogP contribution in [0, 0.1) is 5.95 Å². The summed E-state index contributed by atoms with van der Waals surface area (Å²) in [6.45, 7) is 4.25. The molecule has 0 saturated carbocycles. The second-order valence-corrected chi connectivity index (χ2v) is 2.12. The number of hydrogen-bond acceptors (Lipinski definition) is 2. The number of anilines is 1. The number of nitrogens with two attached hydrogens (primary N) is 1. The van der Waals surface area contributed by atoms with Crippen LogP contribution < -0.4 is 5.73 Å². The number of hydrogen-bond donors (Lipinski definition) is 1. The van der Waals surface area contributed by atoms with Gasteiger partial charge in [-0.05, 0) is 6.07 Å². The molecule has 2 N–H and O–H groups in total. The van der Waals surface area contributed by atoms with Gasteiger partial charge in [-0.1, -0.05) is 20.3 Å². The SMILES string of the molecule is CCC.Nc1ccnc(F)c1.[HH]. The van der Waals surface area contributed by atoms with Gasteiger partial charge in [-0.2, -0.15) is 4.39 Å². The van der Waals surface area contributed by atoms with Gasteiger partial charge < -0.3 is 5.73 Å². The molecule has 1 aromatic rings. The van der Waals surface area contributed by atoms with Gasteiger partial charge in [0.15, 0.2) is 0 Å². The molecule has 0 aliphatic rings. The Labute approximate surface area is 67.7 Å². The minimum absolute atomic E-state index is 0. The van der Waals surface area contributed by atoms with Gasteiger partial charge in [0.25, 0.3) is 0 Å². The van der Waals surface area contributed by atoms with Crippen molar-refractivity contribution in [3.05, 3.63) is 24.3 Å². The standard InChI is InChI=1S/C5H5FN2.C3H8.H2/c6-5-3-4(7)1-2-8-5;1-3-2;/h1-3H,(H2,7,8);3H2,1-2H3;1H. The summed E-state index contributed by atoms with van der Waals surface area (Å²) >= 11 is 0. The van der Waals surface area contributed by atoms with Crippen LogP contribution in [0.25, 0.3) is 0 Å². The van der Waals surface area contributed by atoms with Crippen LogP contribution in [0.4, 0.5) is 10.1 Å². The van der Waals surface area contributed by atoms with E-state index in [4.69, 9.17) is 5.73 Å². The Morgan fingerprint density at radius 1 is 1.64 bits per heavy atom. The van der Waals surface area contributed by atoms with E-state index < -0.39 is 5.95 Å². The zero-order valence-corrected chi connectivity index (χ0v) is 6.84. The van der Waals surface area contributed by atoms with Gasteiger partial charge in [0.05, 0.1) is 0 Å². The molecule has 0 bridgehead atoms. The van der Waals surface area contributed by atoms with Crippen LogP contribution in [0.15, 0.2) is 18.3 Å². The molecule has 2 nitrogen and oxygen atoms in total. The van der Waals surface area contributed by atoms with E-state index in [1.807, 2.05) is 0 Å². The van der Waals surface area contributed by atoms with Gasteiger partial charge >= 0.3 is 0 Å². The quantitative estimate of drug-likeness (QED) is 0.589. The molecular formula is C8H15FN2. The van der Waals surface area contributed by atoms with Crippen LogP contribution in [0.3, 0.4) is 0 Å². The van der Waals surface area contributed by atoms with E-state index in [1.54, 1.807) is 0 Å². The lowest BCUT2D eigenvalue weighted by Gasteiger charge is -1.87. The Morgan fingerprint density at radius 3 is 2.45 bits per heavy atom. The molecule has 0 spiro atoms. The second-order valence-electron chi connectivity index (χ2n) is 2.12. The minimum atomic E-state index is -0.537. The van der Waals surface area contributed by atoms with Gasteiger partial charge in [0, 0.05) is 19.4 Å². The molecule has 11 heavy (non-hydrogen) atoms. The Morgan fingerprint density at radius 2 is 2.18 bits per heavy atom. The molecule has 0 unspecified atom stereocenters. The van der Waals surface area contributed by atoms with Crippen molar-refractivity contribution >= 4 is 5.69 Å². The summed E-state index contributed by atoms with van der Waals surface area (Å²) in [4.78, 5) is 3.29. The van der Waals surface area contributed by atoms with E-state index in [-0.39, 0.29) is 1.43 Å². The molecule has 0 fully saturated rings. The fourth-order valence-corrected chi connectivity index (χ4v) is 0.417. The fourth-order valence-electron chi connectivity index (χ4n) is 0.417. The Balaban J connectivity index is 0.